The molecule has 1 heterocycles. The van der Waals surface area contributed by atoms with Gasteiger partial charge in [0.15, 0.2) is 5.58 Å². The van der Waals surface area contributed by atoms with Crippen LogP contribution in [0.2, 0.25) is 0 Å². The van der Waals surface area contributed by atoms with Crippen LogP contribution in [0.5, 0.6) is 0 Å². The number of hydrogen-bond acceptors (Lipinski definition) is 3. The van der Waals surface area contributed by atoms with E-state index < -0.39 is 0 Å². The molecule has 0 aliphatic heterocycles. The largest absolute Gasteiger partial charge is 0.356 e. The molecule has 2 aromatic rings. The van der Waals surface area contributed by atoms with Crippen LogP contribution in [0.1, 0.15) is 30.5 Å². The molecule has 1 aromatic heterocycles. The van der Waals surface area contributed by atoms with Crippen LogP contribution in [0.4, 0.5) is 0 Å². The highest BCUT2D eigenvalue weighted by Gasteiger charge is 2.36. The molecule has 0 atom stereocenters. The van der Waals surface area contributed by atoms with Gasteiger partial charge in [0.1, 0.15) is 0 Å². The van der Waals surface area contributed by atoms with Crippen LogP contribution in [-0.2, 0) is 5.54 Å². The van der Waals surface area contributed by atoms with Gasteiger partial charge in [0.25, 0.3) is 0 Å². The van der Waals surface area contributed by atoms with Gasteiger partial charge in [-0.05, 0) is 32.3 Å². The van der Waals surface area contributed by atoms with Gasteiger partial charge >= 0.3 is 0 Å². The van der Waals surface area contributed by atoms with Gasteiger partial charge < -0.3 is 10.3 Å². The van der Waals surface area contributed by atoms with Crippen LogP contribution < -0.4 is 5.73 Å². The van der Waals surface area contributed by atoms with Crippen molar-refractivity contribution in [1.29, 1.82) is 0 Å². The van der Waals surface area contributed by atoms with Crippen molar-refractivity contribution in [3.8, 4) is 0 Å². The van der Waals surface area contributed by atoms with Gasteiger partial charge in [0, 0.05) is 16.5 Å². The molecule has 78 valence electrons. The third-order valence-electron chi connectivity index (χ3n) is 3.46. The molecular weight excluding hydrogens is 188 g/mol. The molecule has 1 aliphatic carbocycles. The van der Waals surface area contributed by atoms with Crippen LogP contribution in [0.25, 0.3) is 11.0 Å². The second kappa shape index (κ2) is 2.83. The summed E-state index contributed by atoms with van der Waals surface area (Å²) in [6, 6.07) is 6.13. The summed E-state index contributed by atoms with van der Waals surface area (Å²) in [6.07, 6.45) is 3.30. The Labute approximate surface area is 88.2 Å². The van der Waals surface area contributed by atoms with Gasteiger partial charge in [0.05, 0.1) is 5.69 Å². The first-order chi connectivity index (χ1) is 7.21. The van der Waals surface area contributed by atoms with Crippen molar-refractivity contribution in [3.05, 3.63) is 29.5 Å². The normalized spacial score (nSPS) is 19.1. The van der Waals surface area contributed by atoms with E-state index in [4.69, 9.17) is 10.3 Å². The fourth-order valence-corrected chi connectivity index (χ4v) is 2.30. The molecule has 0 spiro atoms. The van der Waals surface area contributed by atoms with Crippen molar-refractivity contribution in [2.75, 3.05) is 0 Å². The second-order valence-electron chi connectivity index (χ2n) is 4.46. The van der Waals surface area contributed by atoms with Gasteiger partial charge in [-0.2, -0.15) is 0 Å². The fraction of sp³-hybridized carbons (Fsp3) is 0.417. The number of rotatable bonds is 1. The van der Waals surface area contributed by atoms with E-state index in [1.54, 1.807) is 0 Å². The number of nitrogens with zero attached hydrogens (tertiary/aromatic N) is 1. The molecule has 1 aromatic carbocycles. The predicted octanol–water partition coefficient (Wildman–Crippen LogP) is 2.47. The molecule has 0 saturated heterocycles. The minimum absolute atomic E-state index is 0.175. The maximum Gasteiger partial charge on any atom is 0.172 e. The lowest BCUT2D eigenvalue weighted by Gasteiger charge is -2.38. The third kappa shape index (κ3) is 1.13. The van der Waals surface area contributed by atoms with E-state index >= 15 is 0 Å². The Kier molecular flexibility index (Phi) is 1.68. The number of hydrogen-bond donors (Lipinski definition) is 1. The minimum atomic E-state index is -0.175. The van der Waals surface area contributed by atoms with Gasteiger partial charge in [-0.3, -0.25) is 0 Å². The Morgan fingerprint density at radius 3 is 2.87 bits per heavy atom. The van der Waals surface area contributed by atoms with Gasteiger partial charge in [-0.15, -0.1) is 0 Å². The van der Waals surface area contributed by atoms with E-state index in [2.05, 4.69) is 11.2 Å². The van der Waals surface area contributed by atoms with Crippen molar-refractivity contribution in [1.82, 2.24) is 5.16 Å². The summed E-state index contributed by atoms with van der Waals surface area (Å²) in [7, 11) is 0. The summed E-state index contributed by atoms with van der Waals surface area (Å²) in [6.45, 7) is 1.96. The SMILES string of the molecule is Cc1noc2c(C3(N)CCC3)cccc12. The first kappa shape index (κ1) is 8.92. The Bertz CT molecular complexity index is 511. The first-order valence-corrected chi connectivity index (χ1v) is 5.35. The number of benzene rings is 1. The number of fused-ring (bicyclic) bond motifs is 1. The molecule has 1 fully saturated rings. The standard InChI is InChI=1S/C12H14N2O/c1-8-9-4-2-5-10(11(9)15-14-8)12(13)6-3-7-12/h2,4-5H,3,6-7,13H2,1H3. The maximum atomic E-state index is 6.31. The molecule has 0 amide bonds. The highest BCUT2D eigenvalue weighted by Crippen LogP contribution is 2.41. The molecule has 3 nitrogen and oxygen atoms in total. The second-order valence-corrected chi connectivity index (χ2v) is 4.46. The van der Waals surface area contributed by atoms with E-state index in [1.165, 1.54) is 6.42 Å². The fourth-order valence-electron chi connectivity index (χ4n) is 2.30. The van der Waals surface area contributed by atoms with Crippen LogP contribution in [0, 0.1) is 6.92 Å². The Balaban J connectivity index is 2.26. The molecular formula is C12H14N2O. The van der Waals surface area contributed by atoms with Gasteiger partial charge in [-0.25, -0.2) is 0 Å². The molecule has 1 saturated carbocycles. The molecule has 15 heavy (non-hydrogen) atoms. The van der Waals surface area contributed by atoms with Crippen molar-refractivity contribution in [2.45, 2.75) is 31.7 Å². The van der Waals surface area contributed by atoms with E-state index in [0.29, 0.717) is 0 Å². The molecule has 0 unspecified atom stereocenters. The summed E-state index contributed by atoms with van der Waals surface area (Å²) >= 11 is 0. The molecule has 0 bridgehead atoms. The topological polar surface area (TPSA) is 52.0 Å². The zero-order chi connectivity index (χ0) is 10.5. The van der Waals surface area contributed by atoms with Crippen molar-refractivity contribution in [2.24, 2.45) is 5.73 Å². The molecule has 0 radical (unpaired) electrons. The monoisotopic (exact) mass is 202 g/mol. The average molecular weight is 202 g/mol. The quantitative estimate of drug-likeness (QED) is 0.772. The molecule has 2 N–H and O–H groups in total. The number of nitrogens with two attached hydrogens (primary N) is 1. The number of para-hydroxylation sites is 1. The summed E-state index contributed by atoms with van der Waals surface area (Å²) < 4.78 is 5.37. The zero-order valence-corrected chi connectivity index (χ0v) is 8.79. The predicted molar refractivity (Wildman–Crippen MR) is 58.5 cm³/mol. The lowest BCUT2D eigenvalue weighted by Crippen LogP contribution is -2.43. The van der Waals surface area contributed by atoms with Crippen LogP contribution in [-0.4, -0.2) is 5.16 Å². The van der Waals surface area contributed by atoms with Crippen LogP contribution in [0.15, 0.2) is 22.7 Å². The lowest BCUT2D eigenvalue weighted by molar-refractivity contribution is 0.252. The van der Waals surface area contributed by atoms with Crippen molar-refractivity contribution < 1.29 is 4.52 Å². The van der Waals surface area contributed by atoms with E-state index in [-0.39, 0.29) is 5.54 Å². The third-order valence-corrected chi connectivity index (χ3v) is 3.46. The Morgan fingerprint density at radius 2 is 2.20 bits per heavy atom. The number of aromatic nitrogens is 1. The lowest BCUT2D eigenvalue weighted by atomic mass is 9.72. The highest BCUT2D eigenvalue weighted by atomic mass is 16.5. The zero-order valence-electron chi connectivity index (χ0n) is 8.79. The first-order valence-electron chi connectivity index (χ1n) is 5.35. The smallest absolute Gasteiger partial charge is 0.172 e. The Morgan fingerprint density at radius 1 is 1.40 bits per heavy atom. The number of aryl methyl sites for hydroxylation is 1. The minimum Gasteiger partial charge on any atom is -0.356 e. The molecule has 3 rings (SSSR count). The Hall–Kier alpha value is -1.35. The van der Waals surface area contributed by atoms with E-state index in [9.17, 15) is 0 Å². The van der Waals surface area contributed by atoms with E-state index in [0.717, 1.165) is 35.1 Å². The summed E-state index contributed by atoms with van der Waals surface area (Å²) in [4.78, 5) is 0. The van der Waals surface area contributed by atoms with Crippen molar-refractivity contribution in [3.63, 3.8) is 0 Å². The maximum absolute atomic E-state index is 6.31. The van der Waals surface area contributed by atoms with Crippen LogP contribution >= 0.6 is 0 Å². The van der Waals surface area contributed by atoms with E-state index in [1.807, 2.05) is 19.1 Å². The molecule has 1 aliphatic rings. The van der Waals surface area contributed by atoms with Gasteiger partial charge in [-0.1, -0.05) is 17.3 Å². The van der Waals surface area contributed by atoms with Crippen molar-refractivity contribution >= 4 is 11.0 Å². The molecule has 3 heteroatoms. The summed E-state index contributed by atoms with van der Waals surface area (Å²) in [5.74, 6) is 0. The van der Waals surface area contributed by atoms with Gasteiger partial charge in [0.2, 0.25) is 0 Å². The van der Waals surface area contributed by atoms with Crippen LogP contribution in [0.3, 0.4) is 0 Å². The summed E-state index contributed by atoms with van der Waals surface area (Å²) in [5.41, 5.74) is 9.07. The summed E-state index contributed by atoms with van der Waals surface area (Å²) in [5, 5.41) is 5.08. The average Bonchev–Trinajstić information content (AvgIpc) is 2.57. The highest BCUT2D eigenvalue weighted by molar-refractivity contribution is 5.83.